The van der Waals surface area contributed by atoms with Gasteiger partial charge in [0.25, 0.3) is 0 Å². The zero-order chi connectivity index (χ0) is 34.8. The van der Waals surface area contributed by atoms with Crippen molar-refractivity contribution < 1.29 is 0 Å². The monoisotopic (exact) mass is 732 g/mol. The number of hydrogen-bond donors (Lipinski definition) is 0. The Morgan fingerprint density at radius 3 is 1.79 bits per heavy atom. The van der Waals surface area contributed by atoms with E-state index in [0.717, 1.165) is 33.3 Å². The third-order valence-electron chi connectivity index (χ3n) is 10.4. The van der Waals surface area contributed by atoms with Gasteiger partial charge in [-0.1, -0.05) is 62.4 Å². The summed E-state index contributed by atoms with van der Waals surface area (Å²) in [6.07, 6.45) is 0. The van der Waals surface area contributed by atoms with E-state index in [1.54, 1.807) is 0 Å². The Labute approximate surface area is 308 Å². The molecule has 0 unspecified atom stereocenters. The van der Waals surface area contributed by atoms with Gasteiger partial charge in [0.1, 0.15) is 0 Å². The van der Waals surface area contributed by atoms with Gasteiger partial charge in [-0.05, 0) is 22.3 Å². The van der Waals surface area contributed by atoms with Crippen LogP contribution in [0.25, 0.3) is 87.1 Å². The molecule has 2 aromatic heterocycles. The zero-order valence-electron chi connectivity index (χ0n) is 28.7. The molecule has 2 heterocycles. The van der Waals surface area contributed by atoms with Crippen LogP contribution in [0.2, 0.25) is 0 Å². The molecule has 10 rings (SSSR count). The molecule has 0 radical (unpaired) electrons. The summed E-state index contributed by atoms with van der Waals surface area (Å²) in [4.78, 5) is 20.3. The Morgan fingerprint density at radius 2 is 1.00 bits per heavy atom. The second kappa shape index (κ2) is 12.1. The van der Waals surface area contributed by atoms with Crippen LogP contribution in [0, 0.1) is 0 Å². The molecule has 1 aliphatic carbocycles. The smallest absolute Gasteiger partial charge is 0.0568 e. The van der Waals surface area contributed by atoms with Crippen LogP contribution in [-0.4, -0.2) is 34.4 Å². The Morgan fingerprint density at radius 1 is 0.423 bits per heavy atom. The van der Waals surface area contributed by atoms with Gasteiger partial charge in [0.05, 0.1) is 0 Å². The SMILES string of the molecule is CC1(C)c2ccccc2-c2cc(-c3nc(-c4ccccc4)nc(-c4cccc(-c5ccc6ccc7nc(-c8ccccc8)[se]c7c6c5)c4)n3)ccc21. The number of aromatic nitrogens is 4. The molecule has 0 saturated carbocycles. The van der Waals surface area contributed by atoms with Gasteiger partial charge in [0.2, 0.25) is 0 Å². The minimum atomic E-state index is -0.0641. The minimum Gasteiger partial charge on any atom is -0.0568 e. The second-order valence-electron chi connectivity index (χ2n) is 13.9. The van der Waals surface area contributed by atoms with E-state index < -0.39 is 0 Å². The van der Waals surface area contributed by atoms with Crippen molar-refractivity contribution in [1.29, 1.82) is 0 Å². The van der Waals surface area contributed by atoms with Crippen molar-refractivity contribution in [1.82, 2.24) is 19.9 Å². The fraction of sp³-hybridized carbons (Fsp3) is 0.0638. The van der Waals surface area contributed by atoms with Gasteiger partial charge in [-0.3, -0.25) is 0 Å². The predicted molar refractivity (Wildman–Crippen MR) is 214 cm³/mol. The summed E-state index contributed by atoms with van der Waals surface area (Å²) in [5.41, 5.74) is 12.6. The molecule has 0 saturated heterocycles. The standard InChI is InChI=1S/C47H32N4Se/c1-47(2)39-19-10-9-18-36(39)38-28-35(22-24-40(38)47)45-50-43(30-12-5-3-6-13-30)49-44(51-45)34-17-11-16-32(26-34)33-21-20-29-23-25-41-42(37(29)27-33)52-46(48-41)31-14-7-4-8-15-31/h3-28H,1-2H3. The van der Waals surface area contributed by atoms with E-state index in [1.165, 1.54) is 47.4 Å². The van der Waals surface area contributed by atoms with Crippen LogP contribution in [0.4, 0.5) is 0 Å². The first kappa shape index (κ1) is 30.8. The van der Waals surface area contributed by atoms with Crippen molar-refractivity contribution >= 4 is 35.1 Å². The van der Waals surface area contributed by atoms with Gasteiger partial charge in [0, 0.05) is 5.41 Å². The first-order valence-corrected chi connectivity index (χ1v) is 19.3. The molecule has 4 nitrogen and oxygen atoms in total. The van der Waals surface area contributed by atoms with Gasteiger partial charge in [-0.15, -0.1) is 0 Å². The van der Waals surface area contributed by atoms with E-state index in [-0.39, 0.29) is 19.9 Å². The van der Waals surface area contributed by atoms with Crippen molar-refractivity contribution in [3.8, 4) is 66.5 Å². The van der Waals surface area contributed by atoms with Gasteiger partial charge in [0.15, 0.2) is 0 Å². The maximum absolute atomic E-state index is 5.15. The van der Waals surface area contributed by atoms with E-state index in [0.29, 0.717) is 17.5 Å². The van der Waals surface area contributed by atoms with Gasteiger partial charge in [-0.2, -0.15) is 0 Å². The van der Waals surface area contributed by atoms with E-state index in [1.807, 2.05) is 18.2 Å². The number of hydrogen-bond acceptors (Lipinski definition) is 4. The van der Waals surface area contributed by atoms with E-state index in [9.17, 15) is 0 Å². The molecule has 0 bridgehead atoms. The quantitative estimate of drug-likeness (QED) is 0.165. The predicted octanol–water partition coefficient (Wildman–Crippen LogP) is 11.3. The van der Waals surface area contributed by atoms with Crippen molar-refractivity contribution in [3.63, 3.8) is 0 Å². The van der Waals surface area contributed by atoms with Gasteiger partial charge < -0.3 is 0 Å². The molecule has 52 heavy (non-hydrogen) atoms. The van der Waals surface area contributed by atoms with Crippen LogP contribution >= 0.6 is 0 Å². The molecule has 0 fully saturated rings. The number of fused-ring (bicyclic) bond motifs is 6. The Hall–Kier alpha value is -6.00. The van der Waals surface area contributed by atoms with E-state index >= 15 is 0 Å². The van der Waals surface area contributed by atoms with Crippen molar-refractivity contribution in [2.75, 3.05) is 0 Å². The summed E-state index contributed by atoms with van der Waals surface area (Å²) in [7, 11) is 0. The zero-order valence-corrected chi connectivity index (χ0v) is 30.4. The molecule has 0 N–H and O–H groups in total. The van der Waals surface area contributed by atoms with E-state index in [4.69, 9.17) is 19.9 Å². The fourth-order valence-corrected chi connectivity index (χ4v) is 9.94. The topological polar surface area (TPSA) is 51.6 Å². The molecule has 5 heteroatoms. The molecule has 0 aliphatic heterocycles. The number of benzene rings is 7. The summed E-state index contributed by atoms with van der Waals surface area (Å²) in [5, 5.41) is 2.50. The van der Waals surface area contributed by atoms with Crippen LogP contribution in [0.3, 0.4) is 0 Å². The average molecular weight is 732 g/mol. The normalized spacial score (nSPS) is 13.0. The average Bonchev–Trinajstić information content (AvgIpc) is 3.75. The molecule has 0 spiro atoms. The Kier molecular flexibility index (Phi) is 7.14. The molecule has 1 aliphatic rings. The molecule has 0 atom stereocenters. The molecule has 246 valence electrons. The summed E-state index contributed by atoms with van der Waals surface area (Å²) < 4.78 is 2.52. The molecule has 0 amide bonds. The summed E-state index contributed by atoms with van der Waals surface area (Å²) in [6, 6.07) is 55.9. The van der Waals surface area contributed by atoms with Crippen molar-refractivity contribution in [2.24, 2.45) is 0 Å². The summed E-state index contributed by atoms with van der Waals surface area (Å²) >= 11 is 0.126. The Bertz CT molecular complexity index is 2820. The van der Waals surface area contributed by atoms with Gasteiger partial charge >= 0.3 is 220 Å². The third-order valence-corrected chi connectivity index (χ3v) is 12.8. The van der Waals surface area contributed by atoms with Crippen LogP contribution in [0.1, 0.15) is 25.0 Å². The van der Waals surface area contributed by atoms with E-state index in [2.05, 4.69) is 153 Å². The third kappa shape index (κ3) is 5.12. The second-order valence-corrected chi connectivity index (χ2v) is 16.0. The van der Waals surface area contributed by atoms with Crippen molar-refractivity contribution in [2.45, 2.75) is 19.3 Å². The summed E-state index contributed by atoms with van der Waals surface area (Å²) in [5.74, 6) is 1.97. The van der Waals surface area contributed by atoms with Crippen LogP contribution in [0.5, 0.6) is 0 Å². The van der Waals surface area contributed by atoms with Gasteiger partial charge in [-0.25, -0.2) is 0 Å². The number of nitrogens with zero attached hydrogens (tertiary/aromatic N) is 4. The summed E-state index contributed by atoms with van der Waals surface area (Å²) in [6.45, 7) is 4.61. The Balaban J connectivity index is 1.09. The minimum absolute atomic E-state index is 0.0641. The first-order valence-electron chi connectivity index (χ1n) is 17.6. The molecular formula is C47H32N4Se. The van der Waals surface area contributed by atoms with Crippen molar-refractivity contribution in [3.05, 3.63) is 169 Å². The fourth-order valence-electron chi connectivity index (χ4n) is 7.64. The first-order chi connectivity index (χ1) is 25.5. The molecule has 7 aromatic carbocycles. The molecular weight excluding hydrogens is 700 g/mol. The van der Waals surface area contributed by atoms with Crippen LogP contribution < -0.4 is 0 Å². The number of rotatable bonds is 5. The van der Waals surface area contributed by atoms with Crippen LogP contribution in [0.15, 0.2) is 158 Å². The molecule has 9 aromatic rings. The van der Waals surface area contributed by atoms with Crippen LogP contribution in [-0.2, 0) is 5.41 Å². The maximum atomic E-state index is 5.15.